The summed E-state index contributed by atoms with van der Waals surface area (Å²) in [6.45, 7) is 6.22. The maximum absolute atomic E-state index is 6.20. The summed E-state index contributed by atoms with van der Waals surface area (Å²) in [5, 5.41) is 3.46. The van der Waals surface area contributed by atoms with Gasteiger partial charge in [-0.2, -0.15) is 8.75 Å². The third-order valence-electron chi connectivity index (χ3n) is 10.4. The molecule has 3 heterocycles. The van der Waals surface area contributed by atoms with Crippen LogP contribution in [0.4, 0.5) is 17.1 Å². The largest absolute Gasteiger partial charge is 0.456 e. The summed E-state index contributed by atoms with van der Waals surface area (Å²) >= 11 is 1.24. The Bertz CT molecular complexity index is 3060. The lowest BCUT2D eigenvalue weighted by atomic mass is 10.0. The molecule has 0 amide bonds. The average molecular weight is 727 g/mol. The van der Waals surface area contributed by atoms with E-state index in [0.717, 1.165) is 89.2 Å². The molecular weight excluding hydrogens is 693 g/mol. The highest BCUT2D eigenvalue weighted by molar-refractivity contribution is 7.00. The highest BCUT2D eigenvalue weighted by Crippen LogP contribution is 2.42. The summed E-state index contributed by atoms with van der Waals surface area (Å²) in [6, 6.07) is 55.4. The first kappa shape index (κ1) is 32.6. The predicted octanol–water partition coefficient (Wildman–Crippen LogP) is 14.0. The van der Waals surface area contributed by atoms with Gasteiger partial charge in [0.05, 0.1) is 28.6 Å². The number of furan rings is 1. The highest BCUT2D eigenvalue weighted by atomic mass is 32.1. The van der Waals surface area contributed by atoms with E-state index in [9.17, 15) is 0 Å². The van der Waals surface area contributed by atoms with Crippen molar-refractivity contribution < 1.29 is 4.42 Å². The van der Waals surface area contributed by atoms with Gasteiger partial charge in [-0.15, -0.1) is 0 Å². The Morgan fingerprint density at radius 1 is 0.618 bits per heavy atom. The van der Waals surface area contributed by atoms with E-state index in [1.165, 1.54) is 22.7 Å². The highest BCUT2D eigenvalue weighted by Gasteiger charge is 2.21. The second kappa shape index (κ2) is 13.4. The number of hydrogen-bond donors (Lipinski definition) is 0. The van der Waals surface area contributed by atoms with Crippen LogP contribution in [0.3, 0.4) is 0 Å². The summed E-state index contributed by atoms with van der Waals surface area (Å²) in [5.41, 5.74) is 15.4. The van der Waals surface area contributed by atoms with E-state index in [2.05, 4.69) is 168 Å². The van der Waals surface area contributed by atoms with Gasteiger partial charge in [-0.25, -0.2) is 0 Å². The monoisotopic (exact) mass is 726 g/mol. The summed E-state index contributed by atoms with van der Waals surface area (Å²) in [4.78, 5) is 2.26. The van der Waals surface area contributed by atoms with E-state index in [0.29, 0.717) is 0 Å². The molecule has 0 aliphatic heterocycles. The number of allylic oxidation sites excluding steroid dienone is 1. The Labute approximate surface area is 322 Å². The van der Waals surface area contributed by atoms with Gasteiger partial charge >= 0.3 is 0 Å². The van der Waals surface area contributed by atoms with Crippen molar-refractivity contribution in [2.24, 2.45) is 0 Å². The third-order valence-corrected chi connectivity index (χ3v) is 10.9. The van der Waals surface area contributed by atoms with Crippen molar-refractivity contribution in [3.05, 3.63) is 182 Å². The van der Waals surface area contributed by atoms with Gasteiger partial charge < -0.3 is 13.9 Å². The fourth-order valence-corrected chi connectivity index (χ4v) is 8.44. The Balaban J connectivity index is 1.02. The fraction of sp³-hybridized carbons (Fsp3) is 0.0204. The first-order valence-corrected chi connectivity index (χ1v) is 19.0. The van der Waals surface area contributed by atoms with Gasteiger partial charge in [0, 0.05) is 44.3 Å². The summed E-state index contributed by atoms with van der Waals surface area (Å²) in [6.07, 6.45) is 6.19. The molecule has 0 saturated carbocycles. The Morgan fingerprint density at radius 2 is 1.29 bits per heavy atom. The molecule has 10 aromatic rings. The number of anilines is 3. The summed E-state index contributed by atoms with van der Waals surface area (Å²) in [7, 11) is 0. The van der Waals surface area contributed by atoms with Crippen molar-refractivity contribution >= 4 is 84.8 Å². The van der Waals surface area contributed by atoms with Crippen LogP contribution in [-0.2, 0) is 0 Å². The molecular formula is C49H34N4OS. The summed E-state index contributed by atoms with van der Waals surface area (Å²) in [5.74, 6) is 0. The average Bonchev–Trinajstić information content (AvgIpc) is 3.96. The second-order valence-electron chi connectivity index (χ2n) is 13.5. The maximum Gasteiger partial charge on any atom is 0.136 e. The fourth-order valence-electron chi connectivity index (χ4n) is 7.88. The Kier molecular flexibility index (Phi) is 7.97. The number of aromatic nitrogens is 3. The number of para-hydroxylation sites is 3. The lowest BCUT2D eigenvalue weighted by Crippen LogP contribution is -2.10. The van der Waals surface area contributed by atoms with Crippen LogP contribution < -0.4 is 4.90 Å². The molecule has 0 atom stereocenters. The van der Waals surface area contributed by atoms with E-state index in [-0.39, 0.29) is 0 Å². The molecule has 0 aliphatic carbocycles. The molecule has 262 valence electrons. The molecule has 0 radical (unpaired) electrons. The number of benzene rings is 7. The van der Waals surface area contributed by atoms with Crippen molar-refractivity contribution in [1.29, 1.82) is 0 Å². The minimum atomic E-state index is 0.858. The van der Waals surface area contributed by atoms with Gasteiger partial charge in [0.25, 0.3) is 0 Å². The van der Waals surface area contributed by atoms with E-state index in [1.54, 1.807) is 0 Å². The van der Waals surface area contributed by atoms with Gasteiger partial charge in [-0.05, 0) is 102 Å². The molecule has 5 nitrogen and oxygen atoms in total. The molecule has 10 rings (SSSR count). The SMILES string of the molecule is C=Cc1c(/C=C\C)c2ccccc2n1-c1ccc(-c2ccc(N(c3ccccc3)c3ccc(-c4ccc5c(c4)oc4ccccc45)cc3)c3nsnc23)cc1. The quantitative estimate of drug-likeness (QED) is 0.156. The van der Waals surface area contributed by atoms with Gasteiger partial charge in [0.15, 0.2) is 0 Å². The molecule has 0 saturated heterocycles. The molecule has 3 aromatic heterocycles. The molecule has 0 aliphatic rings. The van der Waals surface area contributed by atoms with Crippen LogP contribution in [0.25, 0.3) is 84.0 Å². The smallest absolute Gasteiger partial charge is 0.136 e. The van der Waals surface area contributed by atoms with Crippen molar-refractivity contribution in [1.82, 2.24) is 13.3 Å². The lowest BCUT2D eigenvalue weighted by Gasteiger charge is -2.26. The Morgan fingerprint density at radius 3 is 2.09 bits per heavy atom. The number of hydrogen-bond acceptors (Lipinski definition) is 5. The topological polar surface area (TPSA) is 47.1 Å². The molecule has 55 heavy (non-hydrogen) atoms. The van der Waals surface area contributed by atoms with Crippen LogP contribution in [0.5, 0.6) is 0 Å². The number of nitrogens with zero attached hydrogens (tertiary/aromatic N) is 4. The number of fused-ring (bicyclic) bond motifs is 5. The van der Waals surface area contributed by atoms with E-state index < -0.39 is 0 Å². The maximum atomic E-state index is 6.20. The Hall–Kier alpha value is -7.02. The molecule has 0 bridgehead atoms. The van der Waals surface area contributed by atoms with Crippen LogP contribution >= 0.6 is 11.7 Å². The first-order chi connectivity index (χ1) is 27.2. The van der Waals surface area contributed by atoms with Gasteiger partial charge in [0.1, 0.15) is 22.2 Å². The second-order valence-corrected chi connectivity index (χ2v) is 14.1. The lowest BCUT2D eigenvalue weighted by molar-refractivity contribution is 0.669. The normalized spacial score (nSPS) is 11.7. The van der Waals surface area contributed by atoms with Crippen molar-refractivity contribution in [3.8, 4) is 27.9 Å². The molecule has 0 unspecified atom stereocenters. The van der Waals surface area contributed by atoms with Crippen molar-refractivity contribution in [2.45, 2.75) is 6.92 Å². The predicted molar refractivity (Wildman–Crippen MR) is 232 cm³/mol. The minimum Gasteiger partial charge on any atom is -0.456 e. The van der Waals surface area contributed by atoms with Crippen LogP contribution in [0.1, 0.15) is 18.2 Å². The molecule has 7 aromatic carbocycles. The van der Waals surface area contributed by atoms with E-state index in [4.69, 9.17) is 13.2 Å². The van der Waals surface area contributed by atoms with Crippen molar-refractivity contribution in [3.63, 3.8) is 0 Å². The zero-order chi connectivity index (χ0) is 36.9. The van der Waals surface area contributed by atoms with Gasteiger partial charge in [-0.3, -0.25) is 0 Å². The van der Waals surface area contributed by atoms with Gasteiger partial charge in [0.2, 0.25) is 0 Å². The van der Waals surface area contributed by atoms with E-state index >= 15 is 0 Å². The van der Waals surface area contributed by atoms with Crippen LogP contribution in [-0.4, -0.2) is 13.3 Å². The van der Waals surface area contributed by atoms with Gasteiger partial charge in [-0.1, -0.05) is 104 Å². The van der Waals surface area contributed by atoms with Crippen LogP contribution in [0, 0.1) is 0 Å². The first-order valence-electron chi connectivity index (χ1n) is 18.3. The summed E-state index contributed by atoms with van der Waals surface area (Å²) < 4.78 is 18.2. The molecule has 6 heteroatoms. The number of rotatable bonds is 8. The molecule has 0 spiro atoms. The van der Waals surface area contributed by atoms with E-state index in [1.807, 2.05) is 31.2 Å². The minimum absolute atomic E-state index is 0.858. The van der Waals surface area contributed by atoms with Crippen molar-refractivity contribution in [2.75, 3.05) is 4.90 Å². The standard InChI is InChI=1S/C49H34N4OS/c1-3-12-39-40-15-8-10-17-44(40)53(43(39)4-2)37-26-21-33(22-27-37)38-29-30-45(49-48(38)50-55-51-49)52(35-13-6-5-7-14-35)36-24-19-32(20-25-36)34-23-28-42-41-16-9-11-18-46(41)54-47(42)31-34/h3-31H,2H2,1H3/b12-3-. The molecule has 0 N–H and O–H groups in total. The third kappa shape index (κ3) is 5.46. The molecule has 0 fully saturated rings. The van der Waals surface area contributed by atoms with Crippen LogP contribution in [0.15, 0.2) is 175 Å². The van der Waals surface area contributed by atoms with Crippen LogP contribution in [0.2, 0.25) is 0 Å². The zero-order valence-electron chi connectivity index (χ0n) is 30.1. The zero-order valence-corrected chi connectivity index (χ0v) is 30.9.